The summed E-state index contributed by atoms with van der Waals surface area (Å²) in [5.41, 5.74) is 10.7. The molecule has 0 saturated heterocycles. The van der Waals surface area contributed by atoms with Crippen molar-refractivity contribution in [1.82, 2.24) is 0 Å². The van der Waals surface area contributed by atoms with Gasteiger partial charge >= 0.3 is 0 Å². The average Bonchev–Trinajstić information content (AvgIpc) is 2.28. The second kappa shape index (κ2) is 6.83. The highest BCUT2D eigenvalue weighted by molar-refractivity contribution is 8.00. The molecule has 0 saturated carbocycles. The lowest BCUT2D eigenvalue weighted by atomic mass is 10.4. The molecule has 1 rings (SSSR count). The van der Waals surface area contributed by atoms with E-state index in [0.717, 1.165) is 10.6 Å². The van der Waals surface area contributed by atoms with Gasteiger partial charge in [-0.05, 0) is 30.0 Å². The van der Waals surface area contributed by atoms with E-state index in [1.54, 1.807) is 11.8 Å². The first-order valence-electron chi connectivity index (χ1n) is 5.06. The molecule has 1 aromatic carbocycles. The van der Waals surface area contributed by atoms with Crippen molar-refractivity contribution in [1.29, 1.82) is 0 Å². The number of hydrogen-bond donors (Lipinski definition) is 2. The van der Waals surface area contributed by atoms with E-state index in [9.17, 15) is 4.79 Å². The van der Waals surface area contributed by atoms with Crippen LogP contribution in [0.25, 0.3) is 0 Å². The van der Waals surface area contributed by atoms with E-state index in [0.29, 0.717) is 0 Å². The van der Waals surface area contributed by atoms with Gasteiger partial charge in [0.05, 0.1) is 0 Å². The van der Waals surface area contributed by atoms with Crippen molar-refractivity contribution in [3.8, 4) is 0 Å². The molecule has 1 unspecified atom stereocenters. The molecule has 16 heavy (non-hydrogen) atoms. The molecule has 4 N–H and O–H groups in total. The van der Waals surface area contributed by atoms with Gasteiger partial charge in [-0.25, -0.2) is 0 Å². The molecule has 0 aromatic heterocycles. The van der Waals surface area contributed by atoms with E-state index < -0.39 is 0 Å². The van der Waals surface area contributed by atoms with E-state index >= 15 is 0 Å². The Labute approximate surface area is 104 Å². The highest BCUT2D eigenvalue weighted by atomic mass is 32.2. The van der Waals surface area contributed by atoms with Crippen LogP contribution in [0, 0.1) is 0 Å². The minimum absolute atomic E-state index is 0.269. The molecule has 0 heterocycles. The first-order chi connectivity index (χ1) is 7.67. The summed E-state index contributed by atoms with van der Waals surface area (Å²) in [6.07, 6.45) is 0. The topological polar surface area (TPSA) is 69.1 Å². The standard InChI is InChI=1S/C11H16N2OS2/c1-2-15-8-3-5-9(6-4-8)16-10(7-12)11(13)14/h3-6,10H,2,7,12H2,1H3,(H2,13,14). The van der Waals surface area contributed by atoms with Gasteiger partial charge in [0.15, 0.2) is 0 Å². The van der Waals surface area contributed by atoms with Gasteiger partial charge in [0, 0.05) is 16.3 Å². The van der Waals surface area contributed by atoms with Crippen LogP contribution in [0.2, 0.25) is 0 Å². The maximum atomic E-state index is 11.0. The molecule has 3 nitrogen and oxygen atoms in total. The molecule has 0 radical (unpaired) electrons. The summed E-state index contributed by atoms with van der Waals surface area (Å²) in [6, 6.07) is 8.08. The van der Waals surface area contributed by atoms with Crippen LogP contribution in [-0.2, 0) is 4.79 Å². The number of thioether (sulfide) groups is 2. The zero-order valence-electron chi connectivity index (χ0n) is 9.18. The lowest BCUT2D eigenvalue weighted by Crippen LogP contribution is -2.32. The molecule has 0 aliphatic rings. The van der Waals surface area contributed by atoms with Crippen LogP contribution in [0.4, 0.5) is 0 Å². The molecule has 5 heteroatoms. The average molecular weight is 256 g/mol. The molecule has 1 atom stereocenters. The molecular formula is C11H16N2OS2. The second-order valence-corrected chi connectivity index (χ2v) is 5.76. The smallest absolute Gasteiger partial charge is 0.232 e. The van der Waals surface area contributed by atoms with Crippen LogP contribution in [0.3, 0.4) is 0 Å². The van der Waals surface area contributed by atoms with Crippen molar-refractivity contribution in [2.75, 3.05) is 12.3 Å². The van der Waals surface area contributed by atoms with Gasteiger partial charge in [-0.3, -0.25) is 4.79 Å². The number of primary amides is 1. The van der Waals surface area contributed by atoms with Crippen LogP contribution in [0.5, 0.6) is 0 Å². The Kier molecular flexibility index (Phi) is 5.73. The summed E-state index contributed by atoms with van der Waals surface area (Å²) in [4.78, 5) is 13.3. The maximum Gasteiger partial charge on any atom is 0.232 e. The third-order valence-corrected chi connectivity index (χ3v) is 4.09. The normalized spacial score (nSPS) is 12.4. The summed E-state index contributed by atoms with van der Waals surface area (Å²) < 4.78 is 0. The Morgan fingerprint density at radius 2 is 1.88 bits per heavy atom. The molecule has 0 aliphatic carbocycles. The quantitative estimate of drug-likeness (QED) is 0.760. The lowest BCUT2D eigenvalue weighted by Gasteiger charge is -2.10. The Hall–Kier alpha value is -0.650. The van der Waals surface area contributed by atoms with Crippen molar-refractivity contribution >= 4 is 29.4 Å². The number of benzene rings is 1. The molecule has 0 bridgehead atoms. The summed E-state index contributed by atoms with van der Waals surface area (Å²) in [5, 5.41) is -0.343. The Bertz CT molecular complexity index is 340. The summed E-state index contributed by atoms with van der Waals surface area (Å²) in [5.74, 6) is 0.693. The second-order valence-electron chi connectivity index (χ2n) is 3.15. The third-order valence-electron chi connectivity index (χ3n) is 1.94. The fraction of sp³-hybridized carbons (Fsp3) is 0.364. The fourth-order valence-electron chi connectivity index (χ4n) is 1.17. The zero-order valence-corrected chi connectivity index (χ0v) is 10.8. The number of hydrogen-bond acceptors (Lipinski definition) is 4. The molecule has 88 valence electrons. The molecule has 0 fully saturated rings. The summed E-state index contributed by atoms with van der Waals surface area (Å²) in [7, 11) is 0. The number of nitrogens with two attached hydrogens (primary N) is 2. The zero-order chi connectivity index (χ0) is 12.0. The molecule has 1 aromatic rings. The minimum Gasteiger partial charge on any atom is -0.369 e. The first kappa shape index (κ1) is 13.4. The van der Waals surface area contributed by atoms with Gasteiger partial charge in [-0.1, -0.05) is 6.92 Å². The Morgan fingerprint density at radius 1 is 1.31 bits per heavy atom. The molecule has 1 amide bonds. The SMILES string of the molecule is CCSc1ccc(SC(CN)C(N)=O)cc1. The fourth-order valence-corrected chi connectivity index (χ4v) is 2.66. The molecule has 0 aliphatic heterocycles. The van der Waals surface area contributed by atoms with Crippen LogP contribution < -0.4 is 11.5 Å². The molecular weight excluding hydrogens is 240 g/mol. The van der Waals surface area contributed by atoms with Crippen LogP contribution in [-0.4, -0.2) is 23.5 Å². The van der Waals surface area contributed by atoms with Crippen LogP contribution >= 0.6 is 23.5 Å². The predicted octanol–water partition coefficient (Wildman–Crippen LogP) is 1.70. The first-order valence-corrected chi connectivity index (χ1v) is 6.92. The number of carbonyl (C=O) groups excluding carboxylic acids is 1. The Balaban J connectivity index is 2.63. The number of carbonyl (C=O) groups is 1. The van der Waals surface area contributed by atoms with E-state index in [-0.39, 0.29) is 17.7 Å². The van der Waals surface area contributed by atoms with E-state index in [2.05, 4.69) is 6.92 Å². The minimum atomic E-state index is -0.362. The molecule has 0 spiro atoms. The predicted molar refractivity (Wildman–Crippen MR) is 70.7 cm³/mol. The maximum absolute atomic E-state index is 11.0. The van der Waals surface area contributed by atoms with Crippen LogP contribution in [0.15, 0.2) is 34.1 Å². The van der Waals surface area contributed by atoms with Gasteiger partial charge in [-0.15, -0.1) is 23.5 Å². The van der Waals surface area contributed by atoms with Crippen molar-refractivity contribution in [2.24, 2.45) is 11.5 Å². The summed E-state index contributed by atoms with van der Waals surface area (Å²) >= 11 is 3.20. The Morgan fingerprint density at radius 3 is 2.31 bits per heavy atom. The highest BCUT2D eigenvalue weighted by Crippen LogP contribution is 2.26. The monoisotopic (exact) mass is 256 g/mol. The van der Waals surface area contributed by atoms with Gasteiger partial charge in [0.2, 0.25) is 5.91 Å². The number of amides is 1. The summed E-state index contributed by atoms with van der Waals surface area (Å²) in [6.45, 7) is 2.39. The van der Waals surface area contributed by atoms with Crippen molar-refractivity contribution in [3.05, 3.63) is 24.3 Å². The van der Waals surface area contributed by atoms with E-state index in [1.165, 1.54) is 16.7 Å². The van der Waals surface area contributed by atoms with Crippen molar-refractivity contribution in [2.45, 2.75) is 22.0 Å². The van der Waals surface area contributed by atoms with Crippen molar-refractivity contribution < 1.29 is 4.79 Å². The lowest BCUT2D eigenvalue weighted by molar-refractivity contribution is -0.117. The van der Waals surface area contributed by atoms with Gasteiger partial charge in [-0.2, -0.15) is 0 Å². The van der Waals surface area contributed by atoms with Crippen LogP contribution in [0.1, 0.15) is 6.92 Å². The highest BCUT2D eigenvalue weighted by Gasteiger charge is 2.14. The largest absolute Gasteiger partial charge is 0.369 e. The van der Waals surface area contributed by atoms with Crippen molar-refractivity contribution in [3.63, 3.8) is 0 Å². The van der Waals surface area contributed by atoms with E-state index in [1.807, 2.05) is 24.3 Å². The third kappa shape index (κ3) is 4.08. The van der Waals surface area contributed by atoms with E-state index in [4.69, 9.17) is 11.5 Å². The van der Waals surface area contributed by atoms with Gasteiger partial charge in [0.1, 0.15) is 5.25 Å². The van der Waals surface area contributed by atoms with Gasteiger partial charge < -0.3 is 11.5 Å². The number of rotatable bonds is 6. The van der Waals surface area contributed by atoms with Gasteiger partial charge in [0.25, 0.3) is 0 Å².